The molecule has 1 aromatic carbocycles. The zero-order valence-electron chi connectivity index (χ0n) is 9.19. The molecule has 19 heavy (non-hydrogen) atoms. The molecular weight excluding hydrogens is 276 g/mol. The van der Waals surface area contributed by atoms with E-state index in [0.717, 1.165) is 7.05 Å². The van der Waals surface area contributed by atoms with Crippen LogP contribution in [-0.2, 0) is 0 Å². The molecule has 0 amide bonds. The Morgan fingerprint density at radius 1 is 1.21 bits per heavy atom. The number of rotatable bonds is 3. The highest BCUT2D eigenvalue weighted by Crippen LogP contribution is 2.31. The predicted octanol–water partition coefficient (Wildman–Crippen LogP) is 2.52. The standard InChI is InChI=1S/C9H5F4N2O4/c1-14(17)5-2-4(8(16)9(11,12)13)3-6(7(5)10)15(18)19/h2-3H,1H3/q+1. The molecule has 0 aliphatic carbocycles. The normalized spacial score (nSPS) is 11.2. The summed E-state index contributed by atoms with van der Waals surface area (Å²) < 4.78 is 49.8. The smallest absolute Gasteiger partial charge is 0.284 e. The van der Waals surface area contributed by atoms with Crippen molar-refractivity contribution in [1.82, 2.24) is 0 Å². The van der Waals surface area contributed by atoms with E-state index < -0.39 is 39.6 Å². The Morgan fingerprint density at radius 3 is 2.05 bits per heavy atom. The van der Waals surface area contributed by atoms with Gasteiger partial charge < -0.3 is 0 Å². The monoisotopic (exact) mass is 281 g/mol. The summed E-state index contributed by atoms with van der Waals surface area (Å²) >= 11 is 0. The van der Waals surface area contributed by atoms with Crippen LogP contribution in [0.15, 0.2) is 12.1 Å². The van der Waals surface area contributed by atoms with Gasteiger partial charge in [0.2, 0.25) is 0 Å². The van der Waals surface area contributed by atoms with Crippen LogP contribution < -0.4 is 0 Å². The Morgan fingerprint density at radius 2 is 1.68 bits per heavy atom. The van der Waals surface area contributed by atoms with Gasteiger partial charge in [0.15, 0.2) is 7.05 Å². The molecule has 0 unspecified atom stereocenters. The minimum absolute atomic E-state index is 0.137. The number of ketones is 1. The summed E-state index contributed by atoms with van der Waals surface area (Å²) in [6, 6.07) is 0.448. The van der Waals surface area contributed by atoms with E-state index in [1.165, 1.54) is 0 Å². The van der Waals surface area contributed by atoms with Gasteiger partial charge in [0.05, 0.1) is 4.92 Å². The fraction of sp³-hybridized carbons (Fsp3) is 0.222. The van der Waals surface area contributed by atoms with Gasteiger partial charge in [-0.15, -0.1) is 0 Å². The van der Waals surface area contributed by atoms with Crippen molar-refractivity contribution < 1.29 is 32.0 Å². The first kappa shape index (κ1) is 14.7. The second kappa shape index (κ2) is 4.71. The van der Waals surface area contributed by atoms with Crippen LogP contribution >= 0.6 is 0 Å². The van der Waals surface area contributed by atoms with Gasteiger partial charge in [-0.3, -0.25) is 14.9 Å². The van der Waals surface area contributed by atoms with E-state index in [0.29, 0.717) is 6.07 Å². The van der Waals surface area contributed by atoms with Gasteiger partial charge in [-0.2, -0.15) is 17.6 Å². The summed E-state index contributed by atoms with van der Waals surface area (Å²) in [5.41, 5.74) is -3.59. The number of hydrogen-bond donors (Lipinski definition) is 0. The fourth-order valence-corrected chi connectivity index (χ4v) is 1.25. The van der Waals surface area contributed by atoms with Crippen LogP contribution in [0.2, 0.25) is 0 Å². The van der Waals surface area contributed by atoms with E-state index in [4.69, 9.17) is 0 Å². The molecule has 0 fully saturated rings. The molecule has 0 aliphatic heterocycles. The molecule has 0 atom stereocenters. The molecule has 0 N–H and O–H groups in total. The van der Waals surface area contributed by atoms with E-state index >= 15 is 0 Å². The average molecular weight is 281 g/mol. The van der Waals surface area contributed by atoms with Crippen molar-refractivity contribution in [2.75, 3.05) is 7.05 Å². The first-order valence-electron chi connectivity index (χ1n) is 4.56. The number of alkyl halides is 3. The van der Waals surface area contributed by atoms with Gasteiger partial charge in [0, 0.05) is 27.4 Å². The van der Waals surface area contributed by atoms with Gasteiger partial charge in [-0.05, 0) is 0 Å². The van der Waals surface area contributed by atoms with Crippen LogP contribution in [0.5, 0.6) is 0 Å². The number of halogens is 4. The molecule has 0 bridgehead atoms. The van der Waals surface area contributed by atoms with Crippen LogP contribution in [0.25, 0.3) is 0 Å². The predicted molar refractivity (Wildman–Crippen MR) is 52.7 cm³/mol. The lowest BCUT2D eigenvalue weighted by Crippen LogP contribution is -2.23. The summed E-state index contributed by atoms with van der Waals surface area (Å²) in [5.74, 6) is -4.01. The van der Waals surface area contributed by atoms with Crippen molar-refractivity contribution in [3.8, 4) is 0 Å². The minimum atomic E-state index is -5.29. The molecular formula is C9H5F4N2O4+. The second-order valence-corrected chi connectivity index (χ2v) is 3.41. The fourth-order valence-electron chi connectivity index (χ4n) is 1.25. The van der Waals surface area contributed by atoms with Crippen LogP contribution in [0.3, 0.4) is 0 Å². The quantitative estimate of drug-likeness (QED) is 0.280. The largest absolute Gasteiger partial charge is 0.454 e. The molecule has 0 saturated heterocycles. The number of nitroso groups, excluding NO2 is 1. The molecule has 0 saturated carbocycles. The molecule has 102 valence electrons. The van der Waals surface area contributed by atoms with Crippen molar-refractivity contribution in [1.29, 1.82) is 0 Å². The Hall–Kier alpha value is -2.39. The maximum Gasteiger partial charge on any atom is 0.454 e. The lowest BCUT2D eigenvalue weighted by molar-refractivity contribution is -0.433. The van der Waals surface area contributed by atoms with Crippen molar-refractivity contribution in [3.05, 3.63) is 38.5 Å². The lowest BCUT2D eigenvalue weighted by Gasteiger charge is -2.05. The summed E-state index contributed by atoms with van der Waals surface area (Å²) in [5, 5.41) is 10.5. The Bertz CT molecular complexity index is 547. The molecule has 0 spiro atoms. The number of carbonyl (C=O) groups excluding carboxylic acids is 1. The maximum atomic E-state index is 13.4. The van der Waals surface area contributed by atoms with Gasteiger partial charge in [-0.25, -0.2) is 0 Å². The van der Waals surface area contributed by atoms with Crippen molar-refractivity contribution in [2.45, 2.75) is 6.18 Å². The van der Waals surface area contributed by atoms with Crippen molar-refractivity contribution in [2.24, 2.45) is 0 Å². The van der Waals surface area contributed by atoms with Crippen LogP contribution in [0.4, 0.5) is 28.9 Å². The average Bonchev–Trinajstić information content (AvgIpc) is 2.26. The van der Waals surface area contributed by atoms with Gasteiger partial charge in [0.25, 0.3) is 17.3 Å². The number of carbonyl (C=O) groups is 1. The molecule has 1 rings (SSSR count). The topological polar surface area (TPSA) is 80.3 Å². The Labute approximate surface area is 102 Å². The molecule has 1 aromatic rings. The van der Waals surface area contributed by atoms with Crippen molar-refractivity contribution >= 4 is 17.2 Å². The summed E-state index contributed by atoms with van der Waals surface area (Å²) in [7, 11) is 0.726. The third kappa shape index (κ3) is 2.89. The minimum Gasteiger partial charge on any atom is -0.284 e. The van der Waals surface area contributed by atoms with E-state index in [2.05, 4.69) is 0 Å². The van der Waals surface area contributed by atoms with Crippen LogP contribution in [0, 0.1) is 20.8 Å². The highest BCUT2D eigenvalue weighted by molar-refractivity contribution is 6.01. The van der Waals surface area contributed by atoms with E-state index in [1.54, 1.807) is 0 Å². The first-order chi connectivity index (χ1) is 8.55. The molecule has 0 heterocycles. The summed E-state index contributed by atoms with van der Waals surface area (Å²) in [4.78, 5) is 31.0. The summed E-state index contributed by atoms with van der Waals surface area (Å²) in [6.07, 6.45) is -5.29. The number of hydrogen-bond acceptors (Lipinski definition) is 4. The van der Waals surface area contributed by atoms with Crippen LogP contribution in [0.1, 0.15) is 10.4 Å². The summed E-state index contributed by atoms with van der Waals surface area (Å²) in [6.45, 7) is 0. The Kier molecular flexibility index (Phi) is 3.63. The zero-order valence-corrected chi connectivity index (χ0v) is 9.19. The number of Topliss-reactive ketones (excluding diaryl/α,β-unsaturated/α-hetero) is 1. The molecule has 0 radical (unpaired) electrons. The molecule has 10 heteroatoms. The number of benzene rings is 1. The highest BCUT2D eigenvalue weighted by atomic mass is 19.4. The van der Waals surface area contributed by atoms with E-state index in [-0.39, 0.29) is 10.8 Å². The highest BCUT2D eigenvalue weighted by Gasteiger charge is 2.41. The van der Waals surface area contributed by atoms with Gasteiger partial charge in [0.1, 0.15) is 0 Å². The second-order valence-electron chi connectivity index (χ2n) is 3.41. The third-order valence-corrected chi connectivity index (χ3v) is 2.09. The lowest BCUT2D eigenvalue weighted by atomic mass is 10.1. The number of nitrogens with zero attached hydrogens (tertiary/aromatic N) is 2. The SMILES string of the molecule is C[N+](=O)c1cc(C(=O)C(F)(F)F)cc([N+](=O)[O-])c1F. The molecule has 0 aromatic heterocycles. The van der Waals surface area contributed by atoms with Gasteiger partial charge in [-0.1, -0.05) is 0 Å². The van der Waals surface area contributed by atoms with E-state index in [1.807, 2.05) is 0 Å². The molecule has 0 aliphatic rings. The Balaban J connectivity index is 3.57. The third-order valence-electron chi connectivity index (χ3n) is 2.09. The molecule has 6 nitrogen and oxygen atoms in total. The van der Waals surface area contributed by atoms with E-state index in [9.17, 15) is 37.4 Å². The maximum absolute atomic E-state index is 13.4. The van der Waals surface area contributed by atoms with Crippen molar-refractivity contribution in [3.63, 3.8) is 0 Å². The van der Waals surface area contributed by atoms with Gasteiger partial charge >= 0.3 is 11.9 Å². The first-order valence-corrected chi connectivity index (χ1v) is 4.56. The number of nitro benzene ring substituents is 1. The number of nitro groups is 1. The van der Waals surface area contributed by atoms with Crippen LogP contribution in [-0.4, -0.2) is 28.7 Å². The zero-order chi connectivity index (χ0) is 15.0.